The number of carbonyl (C=O) groups excluding carboxylic acids is 1. The number of hydrogen-bond donors (Lipinski definition) is 1. The van der Waals surface area contributed by atoms with Crippen molar-refractivity contribution in [3.05, 3.63) is 94.3 Å². The Labute approximate surface area is 285 Å². The molecular weight excluding hydrogens is 656 g/mol. The summed E-state index contributed by atoms with van der Waals surface area (Å²) >= 11 is 6.07. The van der Waals surface area contributed by atoms with Crippen LogP contribution in [0.2, 0.25) is 5.02 Å². The summed E-state index contributed by atoms with van der Waals surface area (Å²) in [6, 6.07) is 18.6. The van der Waals surface area contributed by atoms with Crippen molar-refractivity contribution >= 4 is 44.3 Å². The predicted octanol–water partition coefficient (Wildman–Crippen LogP) is 7.08. The molecule has 7 rings (SSSR count). The van der Waals surface area contributed by atoms with Crippen LogP contribution in [-0.2, 0) is 15.4 Å². The molecule has 1 aromatic heterocycles. The predicted molar refractivity (Wildman–Crippen MR) is 184 cm³/mol. The molecule has 2 bridgehead atoms. The van der Waals surface area contributed by atoms with Crippen molar-refractivity contribution in [2.45, 2.75) is 75.4 Å². The normalized spacial score (nSPS) is 22.7. The van der Waals surface area contributed by atoms with E-state index < -0.39 is 21.7 Å². The fourth-order valence-corrected chi connectivity index (χ4v) is 9.41. The fourth-order valence-electron chi connectivity index (χ4n) is 8.59. The lowest BCUT2D eigenvalue weighted by molar-refractivity contribution is 0.0602. The molecular formula is C36H40ClF2N5O3S. The Kier molecular flexibility index (Phi) is 8.75. The highest BCUT2D eigenvalue weighted by Gasteiger charge is 2.44. The van der Waals surface area contributed by atoms with Crippen LogP contribution in [0.5, 0.6) is 0 Å². The van der Waals surface area contributed by atoms with Crippen LogP contribution < -0.4 is 4.72 Å². The van der Waals surface area contributed by atoms with Gasteiger partial charge in [-0.2, -0.15) is 0 Å². The van der Waals surface area contributed by atoms with Gasteiger partial charge in [-0.05, 0) is 106 Å². The number of nitrogens with one attached hydrogen (secondary N) is 1. The van der Waals surface area contributed by atoms with Crippen LogP contribution in [0.1, 0.15) is 72.7 Å². The number of piperidine rings is 2. The van der Waals surface area contributed by atoms with Crippen molar-refractivity contribution in [1.29, 1.82) is 0 Å². The summed E-state index contributed by atoms with van der Waals surface area (Å²) in [4.78, 5) is 22.7. The molecule has 3 aromatic carbocycles. The number of benzene rings is 3. The zero-order valence-corrected chi connectivity index (χ0v) is 28.7. The summed E-state index contributed by atoms with van der Waals surface area (Å²) in [5, 5.41) is -0.134. The lowest BCUT2D eigenvalue weighted by Crippen LogP contribution is -2.49. The maximum Gasteiger partial charge on any atom is 0.256 e. The van der Waals surface area contributed by atoms with E-state index in [2.05, 4.69) is 39.3 Å². The van der Waals surface area contributed by atoms with Crippen LogP contribution >= 0.6 is 11.6 Å². The van der Waals surface area contributed by atoms with Gasteiger partial charge in [0.1, 0.15) is 17.5 Å². The van der Waals surface area contributed by atoms with Crippen molar-refractivity contribution in [1.82, 2.24) is 19.4 Å². The molecule has 8 nitrogen and oxygen atoms in total. The van der Waals surface area contributed by atoms with Gasteiger partial charge >= 0.3 is 0 Å². The Morgan fingerprint density at radius 2 is 1.71 bits per heavy atom. The van der Waals surface area contributed by atoms with E-state index in [1.54, 1.807) is 17.0 Å². The van der Waals surface area contributed by atoms with Gasteiger partial charge in [-0.25, -0.2) is 22.2 Å². The minimum Gasteiger partial charge on any atom is -0.338 e. The van der Waals surface area contributed by atoms with E-state index in [9.17, 15) is 22.0 Å². The number of aromatic nitrogens is 2. The van der Waals surface area contributed by atoms with Crippen LogP contribution in [0.25, 0.3) is 11.0 Å². The van der Waals surface area contributed by atoms with E-state index in [1.807, 2.05) is 12.1 Å². The van der Waals surface area contributed by atoms with E-state index in [1.165, 1.54) is 11.6 Å². The number of carbonyl (C=O) groups is 1. The highest BCUT2D eigenvalue weighted by molar-refractivity contribution is 7.92. The molecule has 4 heterocycles. The summed E-state index contributed by atoms with van der Waals surface area (Å²) in [5.41, 5.74) is 2.51. The van der Waals surface area contributed by atoms with Crippen molar-refractivity contribution < 1.29 is 22.0 Å². The summed E-state index contributed by atoms with van der Waals surface area (Å²) in [6.07, 6.45) is 7.42. The summed E-state index contributed by atoms with van der Waals surface area (Å²) < 4.78 is 57.9. The molecule has 0 saturated carbocycles. The van der Waals surface area contributed by atoms with Gasteiger partial charge < -0.3 is 9.47 Å². The molecule has 12 heteroatoms. The first-order valence-electron chi connectivity index (χ1n) is 16.6. The molecule has 3 fully saturated rings. The lowest BCUT2D eigenvalue weighted by Gasteiger charge is -2.45. The molecule has 1 N–H and O–H groups in total. The third kappa shape index (κ3) is 6.32. The number of anilines is 1. The second kappa shape index (κ2) is 12.7. The number of fused-ring (bicyclic) bond motifs is 3. The number of para-hydroxylation sites is 2. The van der Waals surface area contributed by atoms with E-state index in [0.717, 1.165) is 73.9 Å². The standard InChI is InChI=1S/C36H40ClF2N5O3S/c1-23-40-32-8-3-4-9-34(32)44(23)28-19-26-10-11-27(20-28)43(26)17-14-36(24-6-5-7-25(38)18-24)12-15-42(16-13-36)35(45)29-21-33(41-48(2,46)47)30(37)22-31(29)39/h3-9,18,21-22,26-28,41H,10-17,19-20H2,1-2H3/t26-,27+,28?. The van der Waals surface area contributed by atoms with E-state index >= 15 is 0 Å². The second-order valence-corrected chi connectivity index (χ2v) is 15.9. The SMILES string of the molecule is Cc1nc2ccccc2n1C1C[C@H]2CC[C@@H](C1)N2CCC1(c2cccc(F)c2)CCN(C(=O)c2cc(NS(C)(=O)=O)c(Cl)cc2F)CC1. The second-order valence-electron chi connectivity index (χ2n) is 13.8. The summed E-state index contributed by atoms with van der Waals surface area (Å²) in [6.45, 7) is 3.69. The van der Waals surface area contributed by atoms with Crippen LogP contribution in [0.3, 0.4) is 0 Å². The minimum atomic E-state index is -3.69. The average molecular weight is 696 g/mol. The van der Waals surface area contributed by atoms with Gasteiger partial charge in [0.05, 0.1) is 33.6 Å². The smallest absolute Gasteiger partial charge is 0.256 e. The van der Waals surface area contributed by atoms with Crippen molar-refractivity contribution in [3.63, 3.8) is 0 Å². The van der Waals surface area contributed by atoms with Crippen LogP contribution in [0, 0.1) is 18.6 Å². The molecule has 1 amide bonds. The molecule has 254 valence electrons. The number of rotatable bonds is 8. The lowest BCUT2D eigenvalue weighted by atomic mass is 9.70. The van der Waals surface area contributed by atoms with E-state index in [-0.39, 0.29) is 27.5 Å². The first-order valence-corrected chi connectivity index (χ1v) is 18.9. The Bertz CT molecular complexity index is 1960. The monoisotopic (exact) mass is 695 g/mol. The van der Waals surface area contributed by atoms with Crippen molar-refractivity contribution in [3.8, 4) is 0 Å². The fraction of sp³-hybridized carbons (Fsp3) is 0.444. The molecule has 3 aliphatic rings. The van der Waals surface area contributed by atoms with Crippen LogP contribution in [0.4, 0.5) is 14.5 Å². The zero-order chi connectivity index (χ0) is 33.8. The number of amides is 1. The molecule has 4 aromatic rings. The minimum absolute atomic E-state index is 0.0511. The highest BCUT2D eigenvalue weighted by Crippen LogP contribution is 2.45. The molecule has 0 spiro atoms. The number of hydrogen-bond acceptors (Lipinski definition) is 5. The third-order valence-electron chi connectivity index (χ3n) is 10.9. The van der Waals surface area contributed by atoms with Gasteiger partial charge in [0.2, 0.25) is 10.0 Å². The Morgan fingerprint density at radius 1 is 1.00 bits per heavy atom. The number of sulfonamides is 1. The topological polar surface area (TPSA) is 87.5 Å². The number of nitrogens with zero attached hydrogens (tertiary/aromatic N) is 4. The quantitative estimate of drug-likeness (QED) is 0.213. The maximum absolute atomic E-state index is 15.0. The molecule has 3 atom stereocenters. The number of halogens is 3. The van der Waals surface area contributed by atoms with E-state index in [4.69, 9.17) is 16.6 Å². The molecule has 1 unspecified atom stereocenters. The van der Waals surface area contributed by atoms with Crippen molar-refractivity contribution in [2.75, 3.05) is 30.6 Å². The van der Waals surface area contributed by atoms with Gasteiger partial charge in [-0.3, -0.25) is 14.4 Å². The first-order chi connectivity index (χ1) is 22.9. The maximum atomic E-state index is 15.0. The van der Waals surface area contributed by atoms with Gasteiger partial charge in [0.25, 0.3) is 5.91 Å². The van der Waals surface area contributed by atoms with Crippen LogP contribution in [-0.4, -0.2) is 71.6 Å². The Hall–Kier alpha value is -3.54. The number of likely N-dealkylation sites (tertiary alicyclic amines) is 1. The number of imidazole rings is 1. The van der Waals surface area contributed by atoms with Gasteiger partial charge in [-0.15, -0.1) is 0 Å². The van der Waals surface area contributed by atoms with Crippen molar-refractivity contribution in [2.24, 2.45) is 0 Å². The molecule has 48 heavy (non-hydrogen) atoms. The highest BCUT2D eigenvalue weighted by atomic mass is 35.5. The van der Waals surface area contributed by atoms with Gasteiger partial charge in [0, 0.05) is 31.2 Å². The van der Waals surface area contributed by atoms with Gasteiger partial charge in [0.15, 0.2) is 0 Å². The molecule has 0 radical (unpaired) electrons. The molecule has 3 saturated heterocycles. The number of aryl methyl sites for hydroxylation is 1. The summed E-state index contributed by atoms with van der Waals surface area (Å²) in [5.74, 6) is -0.579. The van der Waals surface area contributed by atoms with E-state index in [0.29, 0.717) is 44.1 Å². The van der Waals surface area contributed by atoms with Crippen LogP contribution in [0.15, 0.2) is 60.7 Å². The molecule has 0 aliphatic carbocycles. The van der Waals surface area contributed by atoms with Gasteiger partial charge in [-0.1, -0.05) is 35.9 Å². The zero-order valence-electron chi connectivity index (χ0n) is 27.1. The Morgan fingerprint density at radius 3 is 2.40 bits per heavy atom. The third-order valence-corrected chi connectivity index (χ3v) is 11.8. The summed E-state index contributed by atoms with van der Waals surface area (Å²) in [7, 11) is -3.69. The average Bonchev–Trinajstić information content (AvgIpc) is 3.50. The molecule has 3 aliphatic heterocycles. The Balaban J connectivity index is 1.08. The largest absolute Gasteiger partial charge is 0.338 e. The first kappa shape index (κ1) is 33.0.